The van der Waals surface area contributed by atoms with Gasteiger partial charge in [0.15, 0.2) is 5.82 Å². The van der Waals surface area contributed by atoms with Gasteiger partial charge in [-0.25, -0.2) is 4.39 Å². The lowest BCUT2D eigenvalue weighted by Crippen LogP contribution is -2.55. The van der Waals surface area contributed by atoms with Crippen molar-refractivity contribution in [1.82, 2.24) is 10.3 Å². The standard InChI is InChI=1S/C37H43F4N5O4S/c1-24(35(2,3)4)44-31(47)22-49-18-8-9-19-50-28-14-10-25(11-15-28)29-16-13-27(21-43-29)46(23-51)36(5,6)34(48)45(7)30-17-12-26(20-42)32(33(30)38)37(39,40)41/h10-17,21,23-24H,8-9,18-19,22H2,1-7H3,(H,44,47). The van der Waals surface area contributed by atoms with Crippen LogP contribution in [0.4, 0.5) is 28.9 Å². The average Bonchev–Trinajstić information content (AvgIpc) is 3.06. The normalized spacial score (nSPS) is 12.4. The highest BCUT2D eigenvalue weighted by atomic mass is 32.1. The number of carbonyl (C=O) groups excluding carboxylic acids is 2. The molecule has 0 bridgehead atoms. The third-order valence-electron chi connectivity index (χ3n) is 8.46. The number of nitriles is 1. The van der Waals surface area contributed by atoms with E-state index in [2.05, 4.69) is 31.1 Å². The number of nitrogens with zero attached hydrogens (tertiary/aromatic N) is 4. The number of alkyl halides is 3. The molecule has 3 rings (SSSR count). The van der Waals surface area contributed by atoms with Gasteiger partial charge in [-0.2, -0.15) is 18.4 Å². The molecule has 1 atom stereocenters. The average molecular weight is 730 g/mol. The second kappa shape index (κ2) is 17.1. The van der Waals surface area contributed by atoms with Gasteiger partial charge in [-0.1, -0.05) is 33.0 Å². The van der Waals surface area contributed by atoms with Crippen molar-refractivity contribution in [3.63, 3.8) is 0 Å². The number of ether oxygens (including phenoxy) is 2. The lowest BCUT2D eigenvalue weighted by atomic mass is 9.88. The summed E-state index contributed by atoms with van der Waals surface area (Å²) in [7, 11) is 1.15. The molecule has 51 heavy (non-hydrogen) atoms. The summed E-state index contributed by atoms with van der Waals surface area (Å²) in [5.74, 6) is -1.95. The maximum absolute atomic E-state index is 15.1. The molecule has 3 aromatic rings. The third-order valence-corrected chi connectivity index (χ3v) is 8.67. The van der Waals surface area contributed by atoms with Crippen LogP contribution in [0, 0.1) is 22.6 Å². The fourth-order valence-corrected chi connectivity index (χ4v) is 5.30. The van der Waals surface area contributed by atoms with Gasteiger partial charge in [0.05, 0.1) is 47.0 Å². The van der Waals surface area contributed by atoms with E-state index in [0.717, 1.165) is 42.5 Å². The second-order valence-electron chi connectivity index (χ2n) is 13.5. The lowest BCUT2D eigenvalue weighted by molar-refractivity contribution is -0.140. The number of halogens is 4. The molecule has 0 saturated carbocycles. The fourth-order valence-electron chi connectivity index (χ4n) is 4.91. The Hall–Kier alpha value is -4.61. The van der Waals surface area contributed by atoms with Crippen LogP contribution in [-0.2, 0) is 20.5 Å². The molecule has 0 saturated heterocycles. The summed E-state index contributed by atoms with van der Waals surface area (Å²) in [5, 5.41) is 12.0. The van der Waals surface area contributed by atoms with Crippen molar-refractivity contribution in [3.05, 3.63) is 71.7 Å². The highest BCUT2D eigenvalue weighted by Gasteiger charge is 2.42. The zero-order valence-electron chi connectivity index (χ0n) is 29.7. The molecule has 0 aliphatic carbocycles. The van der Waals surface area contributed by atoms with E-state index in [1.54, 1.807) is 12.1 Å². The summed E-state index contributed by atoms with van der Waals surface area (Å²) < 4.78 is 67.1. The number of aromatic nitrogens is 1. The number of thiocarbonyl (C=S) groups is 1. The first-order chi connectivity index (χ1) is 23.8. The van der Waals surface area contributed by atoms with Gasteiger partial charge in [0.1, 0.15) is 23.5 Å². The molecule has 2 amide bonds. The molecule has 274 valence electrons. The van der Waals surface area contributed by atoms with E-state index >= 15 is 4.39 Å². The minimum Gasteiger partial charge on any atom is -0.494 e. The number of carbonyl (C=O) groups is 2. The summed E-state index contributed by atoms with van der Waals surface area (Å²) >= 11 is 5.20. The Bertz CT molecular complexity index is 1720. The molecule has 9 nitrogen and oxygen atoms in total. The van der Waals surface area contributed by atoms with Crippen molar-refractivity contribution >= 4 is 40.9 Å². The van der Waals surface area contributed by atoms with Crippen molar-refractivity contribution in [2.45, 2.75) is 72.1 Å². The summed E-state index contributed by atoms with van der Waals surface area (Å²) in [6, 6.07) is 13.9. The number of hydrogen-bond donors (Lipinski definition) is 1. The molecule has 14 heteroatoms. The van der Waals surface area contributed by atoms with Crippen LogP contribution < -0.4 is 19.9 Å². The monoisotopic (exact) mass is 729 g/mol. The molecule has 1 N–H and O–H groups in total. The first-order valence-corrected chi connectivity index (χ1v) is 16.7. The molecule has 1 aromatic heterocycles. The second-order valence-corrected chi connectivity index (χ2v) is 13.7. The van der Waals surface area contributed by atoms with Gasteiger partial charge in [-0.15, -0.1) is 0 Å². The molecule has 0 radical (unpaired) electrons. The van der Waals surface area contributed by atoms with E-state index in [0.29, 0.717) is 30.3 Å². The van der Waals surface area contributed by atoms with Gasteiger partial charge >= 0.3 is 6.18 Å². The topological polar surface area (TPSA) is 108 Å². The van der Waals surface area contributed by atoms with Crippen molar-refractivity contribution in [3.8, 4) is 23.1 Å². The van der Waals surface area contributed by atoms with Crippen molar-refractivity contribution in [2.24, 2.45) is 5.41 Å². The van der Waals surface area contributed by atoms with Crippen LogP contribution in [0.15, 0.2) is 54.7 Å². The van der Waals surface area contributed by atoms with Crippen LogP contribution in [-0.4, -0.2) is 60.7 Å². The molecule has 1 heterocycles. The minimum atomic E-state index is -5.14. The first-order valence-electron chi connectivity index (χ1n) is 16.2. The van der Waals surface area contributed by atoms with Gasteiger partial charge in [0.2, 0.25) is 5.91 Å². The SMILES string of the molecule is CC(NC(=O)COCCCCOc1ccc(-c2ccc(N(C=S)C(C)(C)C(=O)N(C)c3ccc(C#N)c(C(F)(F)F)c3F)cn2)cc1)C(C)(C)C. The Balaban J connectivity index is 1.58. The van der Waals surface area contributed by atoms with Crippen LogP contribution in [0.5, 0.6) is 5.75 Å². The molecule has 2 aromatic carbocycles. The van der Waals surface area contributed by atoms with Gasteiger partial charge in [-0.05, 0) is 87.6 Å². The first kappa shape index (κ1) is 40.8. The minimum absolute atomic E-state index is 0.0185. The number of nitrogens with one attached hydrogen (secondary N) is 1. The van der Waals surface area contributed by atoms with E-state index in [1.165, 1.54) is 36.5 Å². The number of benzene rings is 2. The lowest BCUT2D eigenvalue weighted by Gasteiger charge is -2.38. The van der Waals surface area contributed by atoms with Crippen LogP contribution >= 0.6 is 12.2 Å². The zero-order chi connectivity index (χ0) is 38.1. The maximum atomic E-state index is 15.1. The fraction of sp³-hybridized carbons (Fsp3) is 0.432. The maximum Gasteiger partial charge on any atom is 0.420 e. The van der Waals surface area contributed by atoms with E-state index in [9.17, 15) is 22.8 Å². The highest BCUT2D eigenvalue weighted by molar-refractivity contribution is 7.79. The molecule has 0 spiro atoms. The van der Waals surface area contributed by atoms with Gasteiger partial charge in [-0.3, -0.25) is 14.6 Å². The van der Waals surface area contributed by atoms with Gasteiger partial charge in [0, 0.05) is 25.3 Å². The van der Waals surface area contributed by atoms with Crippen molar-refractivity contribution < 1.29 is 36.6 Å². The van der Waals surface area contributed by atoms with Gasteiger partial charge < -0.3 is 24.6 Å². The molecular weight excluding hydrogens is 686 g/mol. The van der Waals surface area contributed by atoms with Crippen LogP contribution in [0.25, 0.3) is 11.3 Å². The van der Waals surface area contributed by atoms with Crippen LogP contribution in [0.3, 0.4) is 0 Å². The Morgan fingerprint density at radius 3 is 2.22 bits per heavy atom. The summed E-state index contributed by atoms with van der Waals surface area (Å²) in [6.45, 7) is 12.1. The molecule has 1 unspecified atom stereocenters. The molecule has 0 fully saturated rings. The van der Waals surface area contributed by atoms with E-state index in [-0.39, 0.29) is 24.0 Å². The summed E-state index contributed by atoms with van der Waals surface area (Å²) in [6.07, 6.45) is -2.17. The predicted octanol–water partition coefficient (Wildman–Crippen LogP) is 7.71. The number of anilines is 2. The van der Waals surface area contributed by atoms with E-state index in [4.69, 9.17) is 27.0 Å². The summed E-state index contributed by atoms with van der Waals surface area (Å²) in [4.78, 5) is 32.3. The highest BCUT2D eigenvalue weighted by Crippen LogP contribution is 2.38. The van der Waals surface area contributed by atoms with Gasteiger partial charge in [0.25, 0.3) is 5.91 Å². The number of likely N-dealkylation sites (N-methyl/N-ethyl adjacent to an activating group) is 1. The number of pyridine rings is 1. The summed E-state index contributed by atoms with van der Waals surface area (Å²) in [5.41, 5.74) is -1.74. The van der Waals surface area contributed by atoms with E-state index < -0.39 is 40.3 Å². The Kier molecular flexibility index (Phi) is 13.7. The van der Waals surface area contributed by atoms with Crippen LogP contribution in [0.2, 0.25) is 0 Å². The smallest absolute Gasteiger partial charge is 0.420 e. The number of rotatable bonds is 15. The Morgan fingerprint density at radius 1 is 1.02 bits per heavy atom. The van der Waals surface area contributed by atoms with Crippen LogP contribution in [0.1, 0.15) is 65.5 Å². The largest absolute Gasteiger partial charge is 0.494 e. The Labute approximate surface area is 301 Å². The number of hydrogen-bond acceptors (Lipinski definition) is 7. The van der Waals surface area contributed by atoms with E-state index in [1.807, 2.05) is 31.2 Å². The number of unbranched alkanes of at least 4 members (excludes halogenated alkanes) is 1. The Morgan fingerprint density at radius 2 is 1.67 bits per heavy atom. The quantitative estimate of drug-likeness (QED) is 0.0964. The third kappa shape index (κ3) is 10.5. The molecule has 0 aliphatic heterocycles. The zero-order valence-corrected chi connectivity index (χ0v) is 30.5. The molecular formula is C37H43F4N5O4S. The predicted molar refractivity (Wildman–Crippen MR) is 192 cm³/mol. The van der Waals surface area contributed by atoms with Crippen molar-refractivity contribution in [1.29, 1.82) is 5.26 Å². The molecule has 0 aliphatic rings. The van der Waals surface area contributed by atoms with Crippen molar-refractivity contribution in [2.75, 3.05) is 36.7 Å². The number of amides is 2.